The van der Waals surface area contributed by atoms with Crippen molar-refractivity contribution in [3.8, 4) is 0 Å². The molecule has 14 heavy (non-hydrogen) atoms. The zero-order valence-corrected chi connectivity index (χ0v) is 10.3. The molecule has 1 rings (SSSR count). The third-order valence-electron chi connectivity index (χ3n) is 2.64. The lowest BCUT2D eigenvalue weighted by Crippen LogP contribution is -2.43. The maximum atomic E-state index is 4.97. The van der Waals surface area contributed by atoms with Crippen LogP contribution in [-0.4, -0.2) is 41.9 Å². The molecule has 0 spiro atoms. The molecule has 0 saturated carbocycles. The van der Waals surface area contributed by atoms with E-state index < -0.39 is 0 Å². The van der Waals surface area contributed by atoms with Crippen LogP contribution in [0.15, 0.2) is 0 Å². The molecule has 0 amide bonds. The van der Waals surface area contributed by atoms with Gasteiger partial charge >= 0.3 is 0 Å². The third kappa shape index (κ3) is 3.10. The molecule has 0 aromatic rings. The Morgan fingerprint density at radius 1 is 1.50 bits per heavy atom. The lowest BCUT2D eigenvalue weighted by molar-refractivity contribution is 0.171. The van der Waals surface area contributed by atoms with Crippen molar-refractivity contribution in [2.24, 2.45) is 0 Å². The van der Waals surface area contributed by atoms with E-state index in [0.717, 1.165) is 19.5 Å². The SMILES string of the molecule is COC(=S)N[C@H]1CCN(C(C)(C)C)C1. The molecule has 0 aliphatic carbocycles. The number of methoxy groups -OCH3 is 1. The third-order valence-corrected chi connectivity index (χ3v) is 2.93. The molecule has 0 bridgehead atoms. The van der Waals surface area contributed by atoms with E-state index in [9.17, 15) is 0 Å². The quantitative estimate of drug-likeness (QED) is 0.669. The van der Waals surface area contributed by atoms with Crippen LogP contribution in [0.3, 0.4) is 0 Å². The average molecular weight is 216 g/mol. The fraction of sp³-hybridized carbons (Fsp3) is 0.900. The number of nitrogens with one attached hydrogen (secondary N) is 1. The molecular weight excluding hydrogens is 196 g/mol. The van der Waals surface area contributed by atoms with Crippen molar-refractivity contribution >= 4 is 17.4 Å². The van der Waals surface area contributed by atoms with E-state index in [0.29, 0.717) is 11.2 Å². The molecule has 1 fully saturated rings. The summed E-state index contributed by atoms with van der Waals surface area (Å²) in [5.41, 5.74) is 0.255. The van der Waals surface area contributed by atoms with Crippen molar-refractivity contribution < 1.29 is 4.74 Å². The van der Waals surface area contributed by atoms with Gasteiger partial charge in [0.15, 0.2) is 0 Å². The van der Waals surface area contributed by atoms with Crippen LogP contribution in [0.1, 0.15) is 27.2 Å². The minimum atomic E-state index is 0.255. The van der Waals surface area contributed by atoms with Crippen molar-refractivity contribution in [1.29, 1.82) is 0 Å². The highest BCUT2D eigenvalue weighted by atomic mass is 32.1. The second-order valence-corrected chi connectivity index (χ2v) is 5.11. The summed E-state index contributed by atoms with van der Waals surface area (Å²) in [4.78, 5) is 2.46. The van der Waals surface area contributed by atoms with Gasteiger partial charge in [0.1, 0.15) is 0 Å². The van der Waals surface area contributed by atoms with E-state index in [4.69, 9.17) is 17.0 Å². The van der Waals surface area contributed by atoms with Gasteiger partial charge in [0.05, 0.1) is 7.11 Å². The Kier molecular flexibility index (Phi) is 3.72. The molecule has 1 saturated heterocycles. The number of hydrogen-bond donors (Lipinski definition) is 1. The number of hydrogen-bond acceptors (Lipinski definition) is 3. The fourth-order valence-electron chi connectivity index (χ4n) is 1.71. The van der Waals surface area contributed by atoms with Crippen LogP contribution < -0.4 is 5.32 Å². The Labute approximate surface area is 91.8 Å². The molecular formula is C10H20N2OS. The van der Waals surface area contributed by atoms with Crippen LogP contribution >= 0.6 is 12.2 Å². The maximum Gasteiger partial charge on any atom is 0.256 e. The standard InChI is InChI=1S/C10H20N2OS/c1-10(2,3)12-6-5-8(7-12)11-9(14)13-4/h8H,5-7H2,1-4H3,(H,11,14)/t8-/m0/s1. The second kappa shape index (κ2) is 4.45. The maximum absolute atomic E-state index is 4.97. The molecule has 0 aromatic carbocycles. The Balaban J connectivity index is 2.38. The van der Waals surface area contributed by atoms with Gasteiger partial charge in [0, 0.05) is 24.7 Å². The lowest BCUT2D eigenvalue weighted by Gasteiger charge is -2.31. The molecule has 1 atom stereocenters. The van der Waals surface area contributed by atoms with E-state index >= 15 is 0 Å². The number of rotatable bonds is 1. The van der Waals surface area contributed by atoms with E-state index in [-0.39, 0.29) is 5.54 Å². The smallest absolute Gasteiger partial charge is 0.256 e. The van der Waals surface area contributed by atoms with Crippen molar-refractivity contribution in [1.82, 2.24) is 10.2 Å². The Bertz CT molecular complexity index is 213. The first-order chi connectivity index (χ1) is 6.43. The fourth-order valence-corrected chi connectivity index (χ4v) is 1.88. The van der Waals surface area contributed by atoms with Gasteiger partial charge in [-0.15, -0.1) is 0 Å². The second-order valence-electron chi connectivity index (χ2n) is 4.74. The minimum Gasteiger partial charge on any atom is -0.474 e. The number of ether oxygens (including phenoxy) is 1. The zero-order chi connectivity index (χ0) is 10.8. The van der Waals surface area contributed by atoms with Gasteiger partial charge in [-0.3, -0.25) is 4.90 Å². The molecule has 0 unspecified atom stereocenters. The van der Waals surface area contributed by atoms with Gasteiger partial charge in [0.2, 0.25) is 0 Å². The van der Waals surface area contributed by atoms with E-state index in [1.807, 2.05) is 0 Å². The summed E-state index contributed by atoms with van der Waals surface area (Å²) in [7, 11) is 1.60. The molecule has 1 N–H and O–H groups in total. The summed E-state index contributed by atoms with van der Waals surface area (Å²) in [6.45, 7) is 8.90. The van der Waals surface area contributed by atoms with Crippen molar-refractivity contribution in [2.75, 3.05) is 20.2 Å². The Hall–Kier alpha value is -0.350. The first-order valence-electron chi connectivity index (χ1n) is 5.03. The van der Waals surface area contributed by atoms with Gasteiger partial charge < -0.3 is 10.1 Å². The van der Waals surface area contributed by atoms with Gasteiger partial charge in [-0.2, -0.15) is 0 Å². The minimum absolute atomic E-state index is 0.255. The van der Waals surface area contributed by atoms with Gasteiger partial charge in [-0.25, -0.2) is 0 Å². The Morgan fingerprint density at radius 3 is 2.57 bits per heavy atom. The van der Waals surface area contributed by atoms with E-state index in [2.05, 4.69) is 31.0 Å². The van der Waals surface area contributed by atoms with Crippen molar-refractivity contribution in [2.45, 2.75) is 38.8 Å². The highest BCUT2D eigenvalue weighted by molar-refractivity contribution is 7.80. The average Bonchev–Trinajstić information content (AvgIpc) is 2.51. The van der Waals surface area contributed by atoms with Crippen LogP contribution in [0.25, 0.3) is 0 Å². The van der Waals surface area contributed by atoms with E-state index in [1.54, 1.807) is 7.11 Å². The first kappa shape index (κ1) is 11.7. The lowest BCUT2D eigenvalue weighted by atomic mass is 10.1. The van der Waals surface area contributed by atoms with Crippen LogP contribution in [-0.2, 0) is 4.74 Å². The van der Waals surface area contributed by atoms with Crippen molar-refractivity contribution in [3.63, 3.8) is 0 Å². The predicted octanol–water partition coefficient (Wildman–Crippen LogP) is 1.38. The molecule has 3 nitrogen and oxygen atoms in total. The Morgan fingerprint density at radius 2 is 2.14 bits per heavy atom. The monoisotopic (exact) mass is 216 g/mol. The van der Waals surface area contributed by atoms with Crippen LogP contribution in [0.5, 0.6) is 0 Å². The molecule has 0 radical (unpaired) electrons. The summed E-state index contributed by atoms with van der Waals surface area (Å²) >= 11 is 4.97. The summed E-state index contributed by atoms with van der Waals surface area (Å²) in [5, 5.41) is 3.70. The molecule has 4 heteroatoms. The topological polar surface area (TPSA) is 24.5 Å². The molecule has 82 valence electrons. The largest absolute Gasteiger partial charge is 0.474 e. The number of likely N-dealkylation sites (tertiary alicyclic amines) is 1. The molecule has 1 aliphatic rings. The van der Waals surface area contributed by atoms with Crippen LogP contribution in [0.4, 0.5) is 0 Å². The molecule has 1 heterocycles. The summed E-state index contributed by atoms with van der Waals surface area (Å²) in [6, 6.07) is 0.446. The van der Waals surface area contributed by atoms with Crippen LogP contribution in [0, 0.1) is 0 Å². The predicted molar refractivity (Wildman–Crippen MR) is 62.5 cm³/mol. The van der Waals surface area contributed by atoms with Crippen LogP contribution in [0.2, 0.25) is 0 Å². The normalized spacial score (nSPS) is 23.6. The molecule has 0 aromatic heterocycles. The zero-order valence-electron chi connectivity index (χ0n) is 9.46. The summed E-state index contributed by atoms with van der Waals surface area (Å²) in [6.07, 6.45) is 1.14. The van der Waals surface area contributed by atoms with Gasteiger partial charge in [0.25, 0.3) is 5.17 Å². The number of thiocarbonyl (C=S) groups is 1. The highest BCUT2D eigenvalue weighted by Gasteiger charge is 2.30. The van der Waals surface area contributed by atoms with Gasteiger partial charge in [-0.1, -0.05) is 0 Å². The highest BCUT2D eigenvalue weighted by Crippen LogP contribution is 2.20. The molecule has 1 aliphatic heterocycles. The summed E-state index contributed by atoms with van der Waals surface area (Å²) in [5.74, 6) is 0. The van der Waals surface area contributed by atoms with Gasteiger partial charge in [-0.05, 0) is 39.4 Å². The number of nitrogens with zero attached hydrogens (tertiary/aromatic N) is 1. The van der Waals surface area contributed by atoms with E-state index in [1.165, 1.54) is 0 Å². The summed E-state index contributed by atoms with van der Waals surface area (Å²) < 4.78 is 4.93. The first-order valence-corrected chi connectivity index (χ1v) is 5.44. The van der Waals surface area contributed by atoms with Crippen molar-refractivity contribution in [3.05, 3.63) is 0 Å².